The predicted octanol–water partition coefficient (Wildman–Crippen LogP) is 5.52. The lowest BCUT2D eigenvalue weighted by Crippen LogP contribution is -2.68. The van der Waals surface area contributed by atoms with Gasteiger partial charge >= 0.3 is 5.97 Å². The smallest absolute Gasteiger partial charge is 0.303 e. The quantitative estimate of drug-likeness (QED) is 0.294. The number of ether oxygens (including phenoxy) is 1. The Kier molecular flexibility index (Phi) is 8.61. The number of nitrogens with zero attached hydrogens (tertiary/aromatic N) is 1. The summed E-state index contributed by atoms with van der Waals surface area (Å²) in [7, 11) is 0. The maximum atomic E-state index is 13.0. The van der Waals surface area contributed by atoms with Crippen LogP contribution in [0.15, 0.2) is 54.6 Å². The number of esters is 1. The van der Waals surface area contributed by atoms with Crippen molar-refractivity contribution in [1.82, 2.24) is 10.2 Å². The van der Waals surface area contributed by atoms with Gasteiger partial charge < -0.3 is 15.2 Å². The third kappa shape index (κ3) is 6.66. The molecule has 1 amide bonds. The van der Waals surface area contributed by atoms with Crippen molar-refractivity contribution in [3.05, 3.63) is 65.7 Å². The molecular formula is C33H44N2O4. The molecule has 6 nitrogen and oxygen atoms in total. The lowest BCUT2D eigenvalue weighted by atomic mass is 9.55. The topological polar surface area (TPSA) is 78.9 Å². The highest BCUT2D eigenvalue weighted by molar-refractivity contribution is 5.76. The number of amides is 1. The molecular weight excluding hydrogens is 488 g/mol. The third-order valence-electron chi connectivity index (χ3n) is 9.23. The van der Waals surface area contributed by atoms with E-state index >= 15 is 0 Å². The summed E-state index contributed by atoms with van der Waals surface area (Å²) >= 11 is 0. The summed E-state index contributed by atoms with van der Waals surface area (Å²) < 4.78 is 6.32. The molecule has 2 N–H and O–H groups in total. The van der Waals surface area contributed by atoms with E-state index in [1.807, 2.05) is 18.2 Å². The molecule has 6 heteroatoms. The van der Waals surface area contributed by atoms with Gasteiger partial charge in [-0.05, 0) is 93.5 Å². The number of hydrogen-bond acceptors (Lipinski definition) is 5. The summed E-state index contributed by atoms with van der Waals surface area (Å²) in [4.78, 5) is 28.0. The predicted molar refractivity (Wildman–Crippen MR) is 152 cm³/mol. The summed E-state index contributed by atoms with van der Waals surface area (Å²) in [6.45, 7) is 4.20. The van der Waals surface area contributed by atoms with Gasteiger partial charge in [0.2, 0.25) is 5.91 Å². The number of carbonyl (C=O) groups excluding carboxylic acids is 2. The summed E-state index contributed by atoms with van der Waals surface area (Å²) in [5.74, 6) is 0.833. The average molecular weight is 533 g/mol. The van der Waals surface area contributed by atoms with E-state index in [-0.39, 0.29) is 23.7 Å². The zero-order chi connectivity index (χ0) is 27.3. The Balaban J connectivity index is 1.26. The number of phenolic OH excluding ortho intramolecular Hbond substituents is 1. The SMILES string of the molecule is CC(=O)OC12CCC(NC(=O)CCCCCc3ccccc3)CC1(c1cccc(O)c1)CCN(CC1CC1)C2. The molecule has 39 heavy (non-hydrogen) atoms. The summed E-state index contributed by atoms with van der Waals surface area (Å²) in [5, 5.41) is 13.8. The van der Waals surface area contributed by atoms with Gasteiger partial charge in [0, 0.05) is 37.9 Å². The first-order valence-corrected chi connectivity index (χ1v) is 14.9. The van der Waals surface area contributed by atoms with Crippen molar-refractivity contribution in [2.24, 2.45) is 5.92 Å². The van der Waals surface area contributed by atoms with Crippen molar-refractivity contribution in [2.45, 2.75) is 94.6 Å². The zero-order valence-corrected chi connectivity index (χ0v) is 23.4. The minimum atomic E-state index is -0.668. The van der Waals surface area contributed by atoms with Crippen LogP contribution in [-0.2, 0) is 26.2 Å². The number of carbonyl (C=O) groups is 2. The van der Waals surface area contributed by atoms with E-state index in [9.17, 15) is 14.7 Å². The molecule has 3 atom stereocenters. The van der Waals surface area contributed by atoms with Gasteiger partial charge in [0.25, 0.3) is 0 Å². The van der Waals surface area contributed by atoms with Crippen molar-refractivity contribution in [1.29, 1.82) is 0 Å². The van der Waals surface area contributed by atoms with Crippen LogP contribution < -0.4 is 5.32 Å². The first kappa shape index (κ1) is 27.7. The Hall–Kier alpha value is -2.86. The molecule has 5 rings (SSSR count). The molecule has 0 radical (unpaired) electrons. The van der Waals surface area contributed by atoms with E-state index in [1.165, 1.54) is 25.3 Å². The number of phenols is 1. The molecule has 2 aromatic carbocycles. The maximum absolute atomic E-state index is 13.0. The molecule has 3 unspecified atom stereocenters. The second-order valence-corrected chi connectivity index (χ2v) is 12.2. The van der Waals surface area contributed by atoms with Crippen LogP contribution in [0, 0.1) is 5.92 Å². The van der Waals surface area contributed by atoms with Gasteiger partial charge in [-0.2, -0.15) is 0 Å². The maximum Gasteiger partial charge on any atom is 0.303 e. The number of unbranched alkanes of at least 4 members (excludes halogenated alkanes) is 2. The largest absolute Gasteiger partial charge is 0.508 e. The number of aromatic hydroxyl groups is 1. The molecule has 2 aromatic rings. The van der Waals surface area contributed by atoms with Gasteiger partial charge in [-0.3, -0.25) is 14.5 Å². The second kappa shape index (κ2) is 12.1. The normalized spacial score (nSPS) is 26.9. The van der Waals surface area contributed by atoms with E-state index in [1.54, 1.807) is 6.07 Å². The van der Waals surface area contributed by atoms with Crippen LogP contribution in [0.2, 0.25) is 0 Å². The molecule has 3 aliphatic rings. The van der Waals surface area contributed by atoms with Crippen molar-refractivity contribution < 1.29 is 19.4 Å². The number of nitrogens with one attached hydrogen (secondary N) is 1. The van der Waals surface area contributed by atoms with Gasteiger partial charge in [-0.25, -0.2) is 0 Å². The van der Waals surface area contributed by atoms with Crippen molar-refractivity contribution >= 4 is 11.9 Å². The Morgan fingerprint density at radius 1 is 1.03 bits per heavy atom. The molecule has 0 aromatic heterocycles. The lowest BCUT2D eigenvalue weighted by molar-refractivity contribution is -0.187. The molecule has 1 saturated heterocycles. The van der Waals surface area contributed by atoms with E-state index in [2.05, 4.69) is 40.5 Å². The molecule has 2 aliphatic carbocycles. The first-order chi connectivity index (χ1) is 18.9. The van der Waals surface area contributed by atoms with Crippen LogP contribution in [0.1, 0.15) is 82.3 Å². The van der Waals surface area contributed by atoms with Crippen molar-refractivity contribution in [3.8, 4) is 5.75 Å². The van der Waals surface area contributed by atoms with Gasteiger partial charge in [-0.1, -0.05) is 48.9 Å². The number of fused-ring (bicyclic) bond motifs is 1. The lowest BCUT2D eigenvalue weighted by Gasteiger charge is -2.59. The van der Waals surface area contributed by atoms with E-state index in [4.69, 9.17) is 4.74 Å². The van der Waals surface area contributed by atoms with Crippen molar-refractivity contribution in [3.63, 3.8) is 0 Å². The number of likely N-dealkylation sites (tertiary alicyclic amines) is 1. The Morgan fingerprint density at radius 3 is 2.59 bits per heavy atom. The van der Waals surface area contributed by atoms with Gasteiger partial charge in [0.1, 0.15) is 11.4 Å². The van der Waals surface area contributed by atoms with Crippen LogP contribution in [0.3, 0.4) is 0 Å². The summed E-state index contributed by atoms with van der Waals surface area (Å²) in [6, 6.07) is 18.0. The fraction of sp³-hybridized carbons (Fsp3) is 0.576. The first-order valence-electron chi connectivity index (χ1n) is 14.9. The fourth-order valence-electron chi connectivity index (χ4n) is 7.17. The minimum Gasteiger partial charge on any atom is -0.508 e. The molecule has 2 saturated carbocycles. The summed E-state index contributed by atoms with van der Waals surface area (Å²) in [6.07, 6.45) is 10.2. The molecule has 0 bridgehead atoms. The molecule has 3 fully saturated rings. The third-order valence-corrected chi connectivity index (χ3v) is 9.23. The highest BCUT2D eigenvalue weighted by Crippen LogP contribution is 2.54. The molecule has 1 aliphatic heterocycles. The fourth-order valence-corrected chi connectivity index (χ4v) is 7.17. The number of hydrogen-bond donors (Lipinski definition) is 2. The average Bonchev–Trinajstić information content (AvgIpc) is 3.73. The number of piperidine rings is 1. The van der Waals surface area contributed by atoms with Gasteiger partial charge in [0.15, 0.2) is 0 Å². The van der Waals surface area contributed by atoms with Crippen LogP contribution in [0.25, 0.3) is 0 Å². The van der Waals surface area contributed by atoms with E-state index in [0.29, 0.717) is 25.8 Å². The minimum absolute atomic E-state index is 0.0165. The van der Waals surface area contributed by atoms with Crippen LogP contribution in [0.5, 0.6) is 5.75 Å². The van der Waals surface area contributed by atoms with Gasteiger partial charge in [0.05, 0.1) is 0 Å². The molecule has 0 spiro atoms. The number of rotatable bonds is 11. The van der Waals surface area contributed by atoms with Crippen LogP contribution in [0.4, 0.5) is 0 Å². The highest BCUT2D eigenvalue weighted by atomic mass is 16.6. The Labute approximate surface area is 233 Å². The van der Waals surface area contributed by atoms with Crippen LogP contribution >= 0.6 is 0 Å². The van der Waals surface area contributed by atoms with Crippen molar-refractivity contribution in [2.75, 3.05) is 19.6 Å². The van der Waals surface area contributed by atoms with Gasteiger partial charge in [-0.15, -0.1) is 0 Å². The number of benzene rings is 2. The Bertz CT molecular complexity index is 1130. The standard InChI is InChI=1S/C33H44N2O4/c1-25(36)39-33-18-17-29(34-31(38)14-7-3-6-11-26-9-4-2-5-10-26)22-32(33,28-12-8-13-30(37)21-28)19-20-35(24-33)23-27-15-16-27/h2,4-5,8-10,12-13,21,27,29,37H,3,6-7,11,14-20,22-24H2,1H3,(H,34,38). The van der Waals surface area contributed by atoms with E-state index < -0.39 is 11.0 Å². The second-order valence-electron chi connectivity index (χ2n) is 12.2. The highest BCUT2D eigenvalue weighted by Gasteiger charge is 2.61. The summed E-state index contributed by atoms with van der Waals surface area (Å²) in [5.41, 5.74) is 1.23. The Morgan fingerprint density at radius 2 is 1.85 bits per heavy atom. The number of aryl methyl sites for hydroxylation is 1. The zero-order valence-electron chi connectivity index (χ0n) is 23.4. The monoisotopic (exact) mass is 532 g/mol. The van der Waals surface area contributed by atoms with E-state index in [0.717, 1.165) is 63.1 Å². The molecule has 1 heterocycles. The molecule has 210 valence electrons. The van der Waals surface area contributed by atoms with Crippen LogP contribution in [-0.4, -0.2) is 53.2 Å².